The van der Waals surface area contributed by atoms with Crippen molar-refractivity contribution in [1.29, 1.82) is 0 Å². The van der Waals surface area contributed by atoms with E-state index in [1.807, 2.05) is 0 Å². The van der Waals surface area contributed by atoms with Crippen LogP contribution in [-0.2, 0) is 19.1 Å². The van der Waals surface area contributed by atoms with Crippen molar-refractivity contribution in [1.82, 2.24) is 0 Å². The van der Waals surface area contributed by atoms with Crippen LogP contribution in [0.2, 0.25) is 0 Å². The number of rotatable bonds is 2. The zero-order valence-corrected chi connectivity index (χ0v) is 26.3. The lowest BCUT2D eigenvalue weighted by atomic mass is 9.31. The third-order valence-corrected chi connectivity index (χ3v) is 13.8. The van der Waals surface area contributed by atoms with Gasteiger partial charge in [-0.2, -0.15) is 0 Å². The zero-order chi connectivity index (χ0) is 29.0. The summed E-state index contributed by atoms with van der Waals surface area (Å²) in [6, 6.07) is 0. The Kier molecular flexibility index (Phi) is 6.41. The number of ether oxygens (including phenoxy) is 2. The number of allylic oxidation sites excluding steroid dienone is 1. The highest BCUT2D eigenvalue weighted by molar-refractivity contribution is 5.67. The van der Waals surface area contributed by atoms with Crippen LogP contribution in [0.25, 0.3) is 0 Å². The molecule has 0 bridgehead atoms. The predicted octanol–water partition coefficient (Wildman–Crippen LogP) is 7.40. The summed E-state index contributed by atoms with van der Waals surface area (Å²) in [6.07, 6.45) is 10.5. The van der Waals surface area contributed by atoms with E-state index in [1.54, 1.807) is 0 Å². The zero-order valence-electron chi connectivity index (χ0n) is 26.3. The number of esters is 2. The van der Waals surface area contributed by atoms with E-state index in [0.29, 0.717) is 12.3 Å². The van der Waals surface area contributed by atoms with E-state index in [-0.39, 0.29) is 45.6 Å². The third kappa shape index (κ3) is 3.73. The molecule has 0 aliphatic heterocycles. The van der Waals surface area contributed by atoms with Gasteiger partial charge in [-0.15, -0.1) is 0 Å². The number of carbonyl (C=O) groups is 2. The fourth-order valence-corrected chi connectivity index (χ4v) is 11.2. The summed E-state index contributed by atoms with van der Waals surface area (Å²) in [4.78, 5) is 24.7. The Morgan fingerprint density at radius 1 is 0.821 bits per heavy atom. The topological polar surface area (TPSA) is 72.8 Å². The molecule has 5 aliphatic carbocycles. The van der Waals surface area contributed by atoms with Gasteiger partial charge in [-0.05, 0) is 91.9 Å². The first-order valence-electron chi connectivity index (χ1n) is 15.6. The molecular formula is C34H54O5. The van der Waals surface area contributed by atoms with Gasteiger partial charge in [0.05, 0.1) is 0 Å². The molecule has 4 fully saturated rings. The molecule has 1 N–H and O–H groups in total. The normalized spacial score (nSPS) is 49.8. The quantitative estimate of drug-likeness (QED) is 0.291. The molecule has 39 heavy (non-hydrogen) atoms. The molecule has 0 aromatic rings. The predicted molar refractivity (Wildman–Crippen MR) is 153 cm³/mol. The molecule has 0 aromatic heterocycles. The van der Waals surface area contributed by atoms with E-state index in [0.717, 1.165) is 32.1 Å². The van der Waals surface area contributed by atoms with Crippen molar-refractivity contribution in [2.24, 2.45) is 44.3 Å². The standard InChI is InChI=1S/C34H54O5/c1-21(35)38-26-12-13-32(9)25(29(26,5)6)11-14-33(10)31(8)18-17-30(7)16-15-28(3,4)20-24(30)23(31)19-27(34(32,33)37)39-22(2)36/h19,24-27,37H,11-18,20H2,1-10H3/t24-,25-,26-,27+,30+,31+,32-,33-,34-/m0/s1. The molecule has 220 valence electrons. The minimum atomic E-state index is -1.23. The monoisotopic (exact) mass is 542 g/mol. The van der Waals surface area contributed by atoms with E-state index in [9.17, 15) is 14.7 Å². The molecule has 0 unspecified atom stereocenters. The van der Waals surface area contributed by atoms with E-state index in [4.69, 9.17) is 9.47 Å². The molecule has 5 nitrogen and oxygen atoms in total. The Labute approximate surface area is 236 Å². The summed E-state index contributed by atoms with van der Waals surface area (Å²) in [6.45, 7) is 21.7. The van der Waals surface area contributed by atoms with Crippen molar-refractivity contribution in [3.05, 3.63) is 11.6 Å². The van der Waals surface area contributed by atoms with Crippen LogP contribution in [0.3, 0.4) is 0 Å². The van der Waals surface area contributed by atoms with Gasteiger partial charge in [-0.1, -0.05) is 61.0 Å². The van der Waals surface area contributed by atoms with E-state index < -0.39 is 22.5 Å². The molecule has 0 radical (unpaired) electrons. The molecule has 9 atom stereocenters. The highest BCUT2D eigenvalue weighted by atomic mass is 16.6. The number of fused-ring (bicyclic) bond motifs is 7. The Balaban J connectivity index is 1.69. The van der Waals surface area contributed by atoms with Crippen LogP contribution in [-0.4, -0.2) is 34.9 Å². The smallest absolute Gasteiger partial charge is 0.303 e. The Hall–Kier alpha value is -1.36. The maximum absolute atomic E-state index is 13.5. The molecule has 0 heterocycles. The summed E-state index contributed by atoms with van der Waals surface area (Å²) in [5, 5.41) is 13.5. The fourth-order valence-electron chi connectivity index (χ4n) is 11.2. The van der Waals surface area contributed by atoms with Crippen LogP contribution in [0.5, 0.6) is 0 Å². The Morgan fingerprint density at radius 3 is 2.05 bits per heavy atom. The summed E-state index contributed by atoms with van der Waals surface area (Å²) in [5.74, 6) is -0.0223. The van der Waals surface area contributed by atoms with E-state index >= 15 is 0 Å². The van der Waals surface area contributed by atoms with Gasteiger partial charge in [0, 0.05) is 30.1 Å². The molecule has 0 amide bonds. The molecule has 0 saturated heterocycles. The lowest BCUT2D eigenvalue weighted by Gasteiger charge is -2.75. The van der Waals surface area contributed by atoms with E-state index in [1.165, 1.54) is 38.7 Å². The minimum Gasteiger partial charge on any atom is -0.462 e. The summed E-state index contributed by atoms with van der Waals surface area (Å²) in [5.41, 5.74) is -0.710. The highest BCUT2D eigenvalue weighted by Gasteiger charge is 2.77. The van der Waals surface area contributed by atoms with Gasteiger partial charge in [0.2, 0.25) is 0 Å². The Morgan fingerprint density at radius 2 is 1.44 bits per heavy atom. The SMILES string of the molecule is CC(=O)O[C@H]1CC[C@@]2(C)[C@@H](CC[C@]3(C)[C@]2(O)[C@H](OC(C)=O)C=C2[C@@H]4CC(C)(C)CC[C@]4(C)CC[C@]23C)C1(C)C. The molecule has 5 rings (SSSR count). The van der Waals surface area contributed by atoms with Gasteiger partial charge >= 0.3 is 11.9 Å². The lowest BCUT2D eigenvalue weighted by molar-refractivity contribution is -0.318. The molecule has 0 spiro atoms. The lowest BCUT2D eigenvalue weighted by Crippen LogP contribution is -2.78. The summed E-state index contributed by atoms with van der Waals surface area (Å²) < 4.78 is 12.1. The van der Waals surface area contributed by atoms with Gasteiger partial charge in [-0.25, -0.2) is 0 Å². The molecule has 0 aromatic carbocycles. The first kappa shape index (κ1) is 29.1. The third-order valence-electron chi connectivity index (χ3n) is 13.8. The van der Waals surface area contributed by atoms with Gasteiger partial charge in [0.15, 0.2) is 0 Å². The van der Waals surface area contributed by atoms with Gasteiger partial charge in [-0.3, -0.25) is 9.59 Å². The van der Waals surface area contributed by atoms with Crippen molar-refractivity contribution >= 4 is 11.9 Å². The summed E-state index contributed by atoms with van der Waals surface area (Å²) in [7, 11) is 0. The highest BCUT2D eigenvalue weighted by Crippen LogP contribution is 2.77. The maximum Gasteiger partial charge on any atom is 0.303 e. The number of carbonyl (C=O) groups excluding carboxylic acids is 2. The molecule has 5 aliphatic rings. The van der Waals surface area contributed by atoms with Crippen molar-refractivity contribution in [2.45, 2.75) is 145 Å². The van der Waals surface area contributed by atoms with Crippen LogP contribution in [0.1, 0.15) is 127 Å². The first-order chi connectivity index (χ1) is 17.8. The van der Waals surface area contributed by atoms with Gasteiger partial charge in [0.25, 0.3) is 0 Å². The van der Waals surface area contributed by atoms with Crippen molar-refractivity contribution in [3.8, 4) is 0 Å². The average molecular weight is 543 g/mol. The first-order valence-corrected chi connectivity index (χ1v) is 15.6. The second kappa shape index (κ2) is 8.58. The average Bonchev–Trinajstić information content (AvgIpc) is 2.80. The van der Waals surface area contributed by atoms with Crippen LogP contribution >= 0.6 is 0 Å². The largest absolute Gasteiger partial charge is 0.462 e. The van der Waals surface area contributed by atoms with Crippen molar-refractivity contribution in [3.63, 3.8) is 0 Å². The van der Waals surface area contributed by atoms with Gasteiger partial charge in [0.1, 0.15) is 17.8 Å². The number of aliphatic hydroxyl groups is 1. The fraction of sp³-hybridized carbons (Fsp3) is 0.882. The molecule has 5 heteroatoms. The number of hydrogen-bond acceptors (Lipinski definition) is 5. The Bertz CT molecular complexity index is 1090. The molecular weight excluding hydrogens is 488 g/mol. The second-order valence-electron chi connectivity index (χ2n) is 16.6. The van der Waals surface area contributed by atoms with Crippen molar-refractivity contribution < 1.29 is 24.2 Å². The summed E-state index contributed by atoms with van der Waals surface area (Å²) >= 11 is 0. The van der Waals surface area contributed by atoms with Crippen LogP contribution in [0.4, 0.5) is 0 Å². The van der Waals surface area contributed by atoms with Crippen molar-refractivity contribution in [2.75, 3.05) is 0 Å². The van der Waals surface area contributed by atoms with Crippen LogP contribution in [0.15, 0.2) is 11.6 Å². The van der Waals surface area contributed by atoms with Crippen LogP contribution in [0, 0.1) is 44.3 Å². The van der Waals surface area contributed by atoms with Crippen LogP contribution < -0.4 is 0 Å². The maximum atomic E-state index is 13.5. The minimum absolute atomic E-state index is 0.125. The number of hydrogen-bond donors (Lipinski definition) is 1. The van der Waals surface area contributed by atoms with E-state index in [2.05, 4.69) is 61.5 Å². The molecule has 4 saturated carbocycles. The second-order valence-corrected chi connectivity index (χ2v) is 16.6. The van der Waals surface area contributed by atoms with Gasteiger partial charge < -0.3 is 14.6 Å².